The van der Waals surface area contributed by atoms with Gasteiger partial charge in [-0.1, -0.05) is 72.8 Å². The summed E-state index contributed by atoms with van der Waals surface area (Å²) in [5.41, 5.74) is 5.34. The van der Waals surface area contributed by atoms with E-state index >= 15 is 0 Å². The van der Waals surface area contributed by atoms with E-state index in [1.165, 1.54) is 31.2 Å². The van der Waals surface area contributed by atoms with Crippen LogP contribution in [0.15, 0.2) is 97.1 Å². The number of carbonyl (C=O) groups is 4. The summed E-state index contributed by atoms with van der Waals surface area (Å²) >= 11 is 0. The lowest BCUT2D eigenvalue weighted by atomic mass is 9.83. The first-order chi connectivity index (χ1) is 27.3. The Morgan fingerprint density at radius 1 is 0.656 bits per heavy atom. The molecule has 16 heteroatoms. The average molecular weight is 919 g/mol. The minimum Gasteiger partial charge on any atom is -0.445 e. The van der Waals surface area contributed by atoms with Gasteiger partial charge in [0.2, 0.25) is 11.8 Å². The lowest BCUT2D eigenvalue weighted by Crippen LogP contribution is -2.51. The summed E-state index contributed by atoms with van der Waals surface area (Å²) < 4.78 is 38.0. The molecule has 2 saturated heterocycles. The van der Waals surface area contributed by atoms with Crippen molar-refractivity contribution in [3.63, 3.8) is 0 Å². The summed E-state index contributed by atoms with van der Waals surface area (Å²) in [5.74, 6) is -0.827. The van der Waals surface area contributed by atoms with Crippen LogP contribution in [0.1, 0.15) is 71.9 Å². The molecule has 0 spiro atoms. The van der Waals surface area contributed by atoms with Gasteiger partial charge >= 0.3 is 12.2 Å². The van der Waals surface area contributed by atoms with E-state index in [2.05, 4.69) is 5.32 Å². The van der Waals surface area contributed by atoms with Gasteiger partial charge in [0.1, 0.15) is 24.8 Å². The Kier molecular flexibility index (Phi) is 23.4. The number of hydrogen-bond donors (Lipinski definition) is 1. The standard InChI is InChI=1S/C23H27FN2O3.C22H25FN2O3.4H2S/c1-16-13-19(24)9-10-20(16)21-14-26(17(2)27)12-11-22(21)25(3)23(28)29-15-18-7-5-4-6-8-18;1-15-12-18(23)8-9-19(15)20-13-25(16(2)26)11-10-21(20)24-22(27)28-14-17-6-4-3-5-7-17;;;;/h4-10,13,21-22H,11-12,14-15H2,1-3H3;3-9,12,20-21H,10-11,13-14H2,1-2H3,(H,24,27);4*1H2/t21-,22+;20-,21+;;;;/m11..../s1. The van der Waals surface area contributed by atoms with Crippen LogP contribution in [-0.2, 0) is 32.3 Å². The van der Waals surface area contributed by atoms with Gasteiger partial charge in [-0.3, -0.25) is 9.59 Å². The SMILES string of the molecule is CC(=O)N1CC[C@H](N(C)C(=O)OCc2ccccc2)[C@@H](c2ccc(F)cc2C)C1.CC(=O)N1CC[C@H](NC(=O)OCc2ccccc2)[C@@H](c2ccc(F)cc2C)C1.S.S.S.S. The first-order valence-corrected chi connectivity index (χ1v) is 19.2. The van der Waals surface area contributed by atoms with Crippen LogP contribution in [0.3, 0.4) is 0 Å². The van der Waals surface area contributed by atoms with E-state index in [0.717, 1.165) is 33.4 Å². The van der Waals surface area contributed by atoms with Gasteiger partial charge in [-0.25, -0.2) is 18.4 Å². The lowest BCUT2D eigenvalue weighted by Gasteiger charge is -2.42. The number of nitrogens with one attached hydrogen (secondary N) is 1. The fourth-order valence-electron chi connectivity index (χ4n) is 7.70. The molecule has 4 aromatic rings. The second-order valence-electron chi connectivity index (χ2n) is 14.8. The van der Waals surface area contributed by atoms with Crippen molar-refractivity contribution in [3.8, 4) is 0 Å². The molecule has 0 saturated carbocycles. The van der Waals surface area contributed by atoms with E-state index in [0.29, 0.717) is 39.0 Å². The molecular weight excluding hydrogens is 859 g/mol. The van der Waals surface area contributed by atoms with Crippen molar-refractivity contribution in [2.75, 3.05) is 33.2 Å². The molecule has 0 radical (unpaired) electrons. The van der Waals surface area contributed by atoms with Crippen LogP contribution >= 0.6 is 54.0 Å². The Balaban J connectivity index is 0.000000573. The summed E-state index contributed by atoms with van der Waals surface area (Å²) in [5, 5.41) is 2.95. The highest BCUT2D eigenvalue weighted by atomic mass is 32.1. The zero-order valence-corrected chi connectivity index (χ0v) is 39.3. The molecule has 0 unspecified atom stereocenters. The van der Waals surface area contributed by atoms with Crippen molar-refractivity contribution in [2.24, 2.45) is 0 Å². The summed E-state index contributed by atoms with van der Waals surface area (Å²) in [4.78, 5) is 54.0. The molecule has 4 aromatic carbocycles. The summed E-state index contributed by atoms with van der Waals surface area (Å²) in [6, 6.07) is 28.0. The molecule has 334 valence electrons. The maximum absolute atomic E-state index is 13.6. The summed E-state index contributed by atoms with van der Waals surface area (Å²) in [6.07, 6.45) is 0.356. The molecule has 2 aliphatic heterocycles. The zero-order chi connectivity index (χ0) is 41.1. The predicted molar refractivity (Wildman–Crippen MR) is 255 cm³/mol. The predicted octanol–water partition coefficient (Wildman–Crippen LogP) is 8.32. The van der Waals surface area contributed by atoms with E-state index < -0.39 is 12.2 Å². The third-order valence-corrected chi connectivity index (χ3v) is 10.8. The highest BCUT2D eigenvalue weighted by Crippen LogP contribution is 2.34. The molecule has 0 bridgehead atoms. The van der Waals surface area contributed by atoms with Gasteiger partial charge in [0.15, 0.2) is 0 Å². The van der Waals surface area contributed by atoms with Crippen molar-refractivity contribution in [1.82, 2.24) is 20.0 Å². The first-order valence-electron chi connectivity index (χ1n) is 19.2. The van der Waals surface area contributed by atoms with Gasteiger partial charge < -0.3 is 29.5 Å². The number of rotatable bonds is 8. The molecule has 10 nitrogen and oxygen atoms in total. The fraction of sp³-hybridized carbons (Fsp3) is 0.378. The highest BCUT2D eigenvalue weighted by Gasteiger charge is 2.37. The maximum Gasteiger partial charge on any atom is 0.410 e. The van der Waals surface area contributed by atoms with Crippen LogP contribution in [0.5, 0.6) is 0 Å². The second kappa shape index (κ2) is 26.2. The highest BCUT2D eigenvalue weighted by molar-refractivity contribution is 7.59. The molecule has 0 aromatic heterocycles. The number of nitrogens with zero attached hydrogens (tertiary/aromatic N) is 3. The van der Waals surface area contributed by atoms with E-state index in [4.69, 9.17) is 9.47 Å². The Morgan fingerprint density at radius 3 is 1.57 bits per heavy atom. The molecule has 2 fully saturated rings. The van der Waals surface area contributed by atoms with Gasteiger partial charge in [-0.05, 0) is 84.3 Å². The Morgan fingerprint density at radius 2 is 1.10 bits per heavy atom. The molecular formula is C45H60F2N4O6S4. The third kappa shape index (κ3) is 15.5. The van der Waals surface area contributed by atoms with Crippen LogP contribution in [0.25, 0.3) is 0 Å². The number of likely N-dealkylation sites (tertiary alicyclic amines) is 2. The number of piperidine rings is 2. The lowest BCUT2D eigenvalue weighted by molar-refractivity contribution is -0.131. The van der Waals surface area contributed by atoms with Crippen LogP contribution < -0.4 is 5.32 Å². The van der Waals surface area contributed by atoms with E-state index in [1.54, 1.807) is 40.8 Å². The largest absolute Gasteiger partial charge is 0.445 e. The van der Waals surface area contributed by atoms with E-state index in [1.807, 2.05) is 74.5 Å². The minimum atomic E-state index is -0.491. The number of likely N-dealkylation sites (N-methyl/N-ethyl adjacent to an activating group) is 1. The fourth-order valence-corrected chi connectivity index (χ4v) is 7.70. The number of ether oxygens (including phenoxy) is 2. The summed E-state index contributed by atoms with van der Waals surface area (Å²) in [7, 11) is 1.73. The van der Waals surface area contributed by atoms with Gasteiger partial charge in [-0.15, -0.1) is 0 Å². The number of halogens is 2. The first kappa shape index (κ1) is 54.6. The van der Waals surface area contributed by atoms with Gasteiger partial charge in [0.25, 0.3) is 0 Å². The normalized spacial score (nSPS) is 17.8. The number of alkyl carbamates (subject to hydrolysis) is 1. The van der Waals surface area contributed by atoms with Crippen LogP contribution in [0.4, 0.5) is 18.4 Å². The van der Waals surface area contributed by atoms with Crippen LogP contribution in [0.2, 0.25) is 0 Å². The molecule has 61 heavy (non-hydrogen) atoms. The van der Waals surface area contributed by atoms with Crippen molar-refractivity contribution in [3.05, 3.63) is 142 Å². The van der Waals surface area contributed by atoms with Crippen molar-refractivity contribution in [2.45, 2.75) is 77.7 Å². The quantitative estimate of drug-likeness (QED) is 0.191. The summed E-state index contributed by atoms with van der Waals surface area (Å²) in [6.45, 7) is 9.29. The zero-order valence-electron chi connectivity index (χ0n) is 35.3. The monoisotopic (exact) mass is 918 g/mol. The van der Waals surface area contributed by atoms with Crippen molar-refractivity contribution < 1.29 is 37.4 Å². The molecule has 4 atom stereocenters. The molecule has 4 amide bonds. The Hall–Kier alpha value is -4.38. The molecule has 6 rings (SSSR count). The van der Waals surface area contributed by atoms with Crippen molar-refractivity contribution in [1.29, 1.82) is 0 Å². The van der Waals surface area contributed by atoms with Gasteiger partial charge in [-0.2, -0.15) is 54.0 Å². The Labute approximate surface area is 386 Å². The van der Waals surface area contributed by atoms with Gasteiger partial charge in [0.05, 0.1) is 0 Å². The molecule has 1 N–H and O–H groups in total. The van der Waals surface area contributed by atoms with Crippen molar-refractivity contribution >= 4 is 78.0 Å². The molecule has 2 heterocycles. The average Bonchev–Trinajstić information content (AvgIpc) is 3.20. The number of aryl methyl sites for hydroxylation is 2. The van der Waals surface area contributed by atoms with E-state index in [-0.39, 0.29) is 115 Å². The van der Waals surface area contributed by atoms with E-state index in [9.17, 15) is 28.0 Å². The number of hydrogen-bond acceptors (Lipinski definition) is 6. The maximum atomic E-state index is 13.6. The van der Waals surface area contributed by atoms with Crippen LogP contribution in [-0.4, -0.2) is 84.0 Å². The topological polar surface area (TPSA) is 108 Å². The smallest absolute Gasteiger partial charge is 0.410 e. The third-order valence-electron chi connectivity index (χ3n) is 10.8. The van der Waals surface area contributed by atoms with Gasteiger partial charge in [0, 0.05) is 71.0 Å². The number of carbonyl (C=O) groups excluding carboxylic acids is 4. The molecule has 2 aliphatic rings. The minimum absolute atomic E-state index is 0. The molecule has 0 aliphatic carbocycles. The second-order valence-corrected chi connectivity index (χ2v) is 14.8. The number of benzene rings is 4. The Bertz CT molecular complexity index is 2020. The number of amides is 4. The van der Waals surface area contributed by atoms with Crippen LogP contribution in [0, 0.1) is 25.5 Å².